The van der Waals surface area contributed by atoms with Gasteiger partial charge in [0, 0.05) is 11.5 Å². The number of carboxylic acid groups (broad SMARTS) is 1. The Kier molecular flexibility index (Phi) is 3.92. The van der Waals surface area contributed by atoms with Gasteiger partial charge in [-0.05, 0) is 6.42 Å². The average Bonchev–Trinajstić information content (AvgIpc) is 1.85. The number of hydrogen-bond donors (Lipinski definition) is 3. The third-order valence-electron chi connectivity index (χ3n) is 1.60. The van der Waals surface area contributed by atoms with Gasteiger partial charge in [-0.3, -0.25) is 0 Å². The Hall–Kier alpha value is -0.870. The zero-order valence-electron chi connectivity index (χ0n) is 7.19. The Morgan fingerprint density at radius 1 is 1.50 bits per heavy atom. The summed E-state index contributed by atoms with van der Waals surface area (Å²) in [7, 11) is 0. The van der Waals surface area contributed by atoms with Gasteiger partial charge in [-0.2, -0.15) is 0 Å². The Bertz CT molecular complexity index is 181. The summed E-state index contributed by atoms with van der Waals surface area (Å²) >= 11 is 0. The Morgan fingerprint density at radius 3 is 2.33 bits per heavy atom. The third kappa shape index (κ3) is 4.10. The number of aliphatic carboxylic acids is 1. The van der Waals surface area contributed by atoms with E-state index in [9.17, 15) is 4.79 Å². The van der Waals surface area contributed by atoms with Crippen molar-refractivity contribution in [1.82, 2.24) is 0 Å². The summed E-state index contributed by atoms with van der Waals surface area (Å²) in [5.41, 5.74) is -0.702. The van der Waals surface area contributed by atoms with E-state index in [0.29, 0.717) is 6.42 Å². The second-order valence-electron chi connectivity index (χ2n) is 3.31. The van der Waals surface area contributed by atoms with E-state index in [2.05, 4.69) is 0 Å². The van der Waals surface area contributed by atoms with Gasteiger partial charge in [-0.15, -0.1) is 0 Å². The van der Waals surface area contributed by atoms with Crippen LogP contribution in [0.1, 0.15) is 20.3 Å². The standard InChI is InChI=1S/C8H14O4/c1-8(2,7(11)12)5-3-4-6(9)10/h3-4,7,11-12H,5H2,1-2H3,(H,9,10). The van der Waals surface area contributed by atoms with E-state index in [1.54, 1.807) is 13.8 Å². The third-order valence-corrected chi connectivity index (χ3v) is 1.60. The Balaban J connectivity index is 4.00. The molecule has 0 saturated carbocycles. The lowest BCUT2D eigenvalue weighted by molar-refractivity contribution is -0.131. The SMILES string of the molecule is CC(C)(CC=CC(=O)O)C(O)O. The molecular weight excluding hydrogens is 160 g/mol. The first-order valence-electron chi connectivity index (χ1n) is 3.62. The summed E-state index contributed by atoms with van der Waals surface area (Å²) in [6.07, 6.45) is 1.28. The number of allylic oxidation sites excluding steroid dienone is 1. The van der Waals surface area contributed by atoms with E-state index >= 15 is 0 Å². The van der Waals surface area contributed by atoms with Gasteiger partial charge in [0.15, 0.2) is 6.29 Å². The highest BCUT2D eigenvalue weighted by Crippen LogP contribution is 2.23. The molecule has 0 radical (unpaired) electrons. The summed E-state index contributed by atoms with van der Waals surface area (Å²) in [5, 5.41) is 25.9. The molecule has 0 aromatic heterocycles. The molecule has 0 aliphatic rings. The highest BCUT2D eigenvalue weighted by atomic mass is 16.5. The van der Waals surface area contributed by atoms with Crippen LogP contribution in [0.3, 0.4) is 0 Å². The Labute approximate surface area is 71.1 Å². The minimum Gasteiger partial charge on any atom is -0.478 e. The van der Waals surface area contributed by atoms with Gasteiger partial charge >= 0.3 is 5.97 Å². The molecular formula is C8H14O4. The molecule has 4 heteroatoms. The first kappa shape index (κ1) is 11.1. The van der Waals surface area contributed by atoms with Crippen LogP contribution in [0, 0.1) is 5.41 Å². The van der Waals surface area contributed by atoms with Crippen molar-refractivity contribution in [2.75, 3.05) is 0 Å². The fourth-order valence-corrected chi connectivity index (χ4v) is 0.569. The number of hydrogen-bond acceptors (Lipinski definition) is 3. The number of rotatable bonds is 4. The van der Waals surface area contributed by atoms with Crippen LogP contribution in [0.15, 0.2) is 12.2 Å². The van der Waals surface area contributed by atoms with Gasteiger partial charge in [-0.1, -0.05) is 19.9 Å². The summed E-state index contributed by atoms with van der Waals surface area (Å²) in [6, 6.07) is 0. The molecule has 0 rings (SSSR count). The maximum atomic E-state index is 10.0. The normalized spacial score (nSPS) is 12.8. The second kappa shape index (κ2) is 4.23. The number of carboxylic acids is 1. The zero-order chi connectivity index (χ0) is 9.78. The van der Waals surface area contributed by atoms with Gasteiger partial charge in [0.05, 0.1) is 0 Å². The topological polar surface area (TPSA) is 77.8 Å². The molecule has 0 aromatic rings. The summed E-state index contributed by atoms with van der Waals surface area (Å²) in [5.74, 6) is -1.03. The molecule has 0 saturated heterocycles. The van der Waals surface area contributed by atoms with Gasteiger partial charge < -0.3 is 15.3 Å². The van der Waals surface area contributed by atoms with Crippen molar-refractivity contribution >= 4 is 5.97 Å². The summed E-state index contributed by atoms with van der Waals surface area (Å²) < 4.78 is 0. The number of aliphatic hydroxyl groups is 2. The smallest absolute Gasteiger partial charge is 0.327 e. The highest BCUT2D eigenvalue weighted by molar-refractivity contribution is 5.79. The van der Waals surface area contributed by atoms with Crippen molar-refractivity contribution in [3.63, 3.8) is 0 Å². The fraction of sp³-hybridized carbons (Fsp3) is 0.625. The first-order chi connectivity index (χ1) is 5.36. The molecule has 70 valence electrons. The quantitative estimate of drug-likeness (QED) is 0.424. The predicted octanol–water partition coefficient (Wildman–Crippen LogP) is 0.354. The first-order valence-corrected chi connectivity index (χ1v) is 3.62. The highest BCUT2D eigenvalue weighted by Gasteiger charge is 2.24. The van der Waals surface area contributed by atoms with Crippen molar-refractivity contribution in [3.8, 4) is 0 Å². The predicted molar refractivity (Wildman–Crippen MR) is 43.4 cm³/mol. The molecule has 0 spiro atoms. The molecule has 0 aliphatic carbocycles. The molecule has 3 N–H and O–H groups in total. The van der Waals surface area contributed by atoms with Crippen LogP contribution in [-0.2, 0) is 4.79 Å². The van der Waals surface area contributed by atoms with Crippen LogP contribution in [0.2, 0.25) is 0 Å². The molecule has 12 heavy (non-hydrogen) atoms. The molecule has 0 aromatic carbocycles. The second-order valence-corrected chi connectivity index (χ2v) is 3.31. The van der Waals surface area contributed by atoms with Crippen molar-refractivity contribution in [2.24, 2.45) is 5.41 Å². The molecule has 4 nitrogen and oxygen atoms in total. The average molecular weight is 174 g/mol. The maximum absolute atomic E-state index is 10.0. The van der Waals surface area contributed by atoms with Gasteiger partial charge in [0.1, 0.15) is 0 Å². The maximum Gasteiger partial charge on any atom is 0.327 e. The summed E-state index contributed by atoms with van der Waals surface area (Å²) in [4.78, 5) is 10.0. The van der Waals surface area contributed by atoms with Crippen molar-refractivity contribution in [2.45, 2.75) is 26.6 Å². The molecule has 0 bridgehead atoms. The van der Waals surface area contributed by atoms with Crippen LogP contribution in [0.25, 0.3) is 0 Å². The lowest BCUT2D eigenvalue weighted by atomic mass is 9.88. The van der Waals surface area contributed by atoms with Crippen LogP contribution in [-0.4, -0.2) is 27.6 Å². The summed E-state index contributed by atoms with van der Waals surface area (Å²) in [6.45, 7) is 3.29. The van der Waals surface area contributed by atoms with E-state index in [1.807, 2.05) is 0 Å². The van der Waals surface area contributed by atoms with Gasteiger partial charge in [-0.25, -0.2) is 4.79 Å². The molecule has 0 fully saturated rings. The van der Waals surface area contributed by atoms with Crippen molar-refractivity contribution in [3.05, 3.63) is 12.2 Å². The number of aliphatic hydroxyl groups excluding tert-OH is 1. The van der Waals surface area contributed by atoms with E-state index in [1.165, 1.54) is 6.08 Å². The van der Waals surface area contributed by atoms with E-state index in [0.717, 1.165) is 6.08 Å². The lowest BCUT2D eigenvalue weighted by Crippen LogP contribution is -2.28. The van der Waals surface area contributed by atoms with Crippen LogP contribution < -0.4 is 0 Å². The van der Waals surface area contributed by atoms with Crippen LogP contribution >= 0.6 is 0 Å². The molecule has 0 aliphatic heterocycles. The van der Waals surface area contributed by atoms with E-state index < -0.39 is 17.7 Å². The minimum atomic E-state index is -1.43. The monoisotopic (exact) mass is 174 g/mol. The largest absolute Gasteiger partial charge is 0.478 e. The molecule has 0 atom stereocenters. The zero-order valence-corrected chi connectivity index (χ0v) is 7.19. The Morgan fingerprint density at radius 2 is 2.00 bits per heavy atom. The van der Waals surface area contributed by atoms with Gasteiger partial charge in [0.2, 0.25) is 0 Å². The van der Waals surface area contributed by atoms with E-state index in [4.69, 9.17) is 15.3 Å². The molecule has 0 heterocycles. The lowest BCUT2D eigenvalue weighted by Gasteiger charge is -2.24. The number of carbonyl (C=O) groups is 1. The van der Waals surface area contributed by atoms with Crippen LogP contribution in [0.4, 0.5) is 0 Å². The molecule has 0 amide bonds. The van der Waals surface area contributed by atoms with Crippen molar-refractivity contribution in [1.29, 1.82) is 0 Å². The molecule has 0 unspecified atom stereocenters. The minimum absolute atomic E-state index is 0.316. The van der Waals surface area contributed by atoms with Crippen LogP contribution in [0.5, 0.6) is 0 Å². The van der Waals surface area contributed by atoms with E-state index in [-0.39, 0.29) is 0 Å². The van der Waals surface area contributed by atoms with Gasteiger partial charge in [0.25, 0.3) is 0 Å². The fourth-order valence-electron chi connectivity index (χ4n) is 0.569. The van der Waals surface area contributed by atoms with Crippen molar-refractivity contribution < 1.29 is 20.1 Å².